The topological polar surface area (TPSA) is 64.2 Å². The van der Waals surface area contributed by atoms with Crippen LogP contribution in [0.2, 0.25) is 0 Å². The summed E-state index contributed by atoms with van der Waals surface area (Å²) in [6.45, 7) is 2.10. The van der Waals surface area contributed by atoms with Crippen LogP contribution in [0.4, 0.5) is 0 Å². The summed E-state index contributed by atoms with van der Waals surface area (Å²) < 4.78 is 0. The van der Waals surface area contributed by atoms with Gasteiger partial charge < -0.3 is 5.73 Å². The molecule has 2 N–H and O–H groups in total. The zero-order valence-electron chi connectivity index (χ0n) is 12.8. The van der Waals surface area contributed by atoms with Crippen molar-refractivity contribution in [3.8, 4) is 11.1 Å². The molecular weight excluding hydrogens is 284 g/mol. The van der Waals surface area contributed by atoms with Crippen molar-refractivity contribution in [2.45, 2.75) is 12.5 Å². The van der Waals surface area contributed by atoms with Gasteiger partial charge in [-0.25, -0.2) is 9.97 Å². The number of fused-ring (bicyclic) bond motifs is 1. The van der Waals surface area contributed by atoms with Crippen LogP contribution in [0.3, 0.4) is 0 Å². The fourth-order valence-corrected chi connectivity index (χ4v) is 3.16. The van der Waals surface area contributed by atoms with Crippen molar-refractivity contribution in [2.75, 3.05) is 0 Å². The van der Waals surface area contributed by atoms with Gasteiger partial charge in [-0.3, -0.25) is 4.99 Å². The van der Waals surface area contributed by atoms with Crippen molar-refractivity contribution in [3.63, 3.8) is 0 Å². The molecule has 4 heteroatoms. The minimum atomic E-state index is -0.466. The monoisotopic (exact) mass is 300 g/mol. The average Bonchev–Trinajstić information content (AvgIpc) is 2.88. The van der Waals surface area contributed by atoms with Gasteiger partial charge in [-0.2, -0.15) is 0 Å². The number of benzene rings is 2. The van der Waals surface area contributed by atoms with Crippen LogP contribution < -0.4 is 5.73 Å². The molecule has 4 rings (SSSR count). The molecule has 1 atom stereocenters. The molecule has 1 aromatic heterocycles. The van der Waals surface area contributed by atoms with Gasteiger partial charge in [0, 0.05) is 23.5 Å². The zero-order chi connectivity index (χ0) is 15.9. The van der Waals surface area contributed by atoms with Crippen molar-refractivity contribution >= 4 is 5.84 Å². The first-order chi connectivity index (χ1) is 11.2. The predicted octanol–water partition coefficient (Wildman–Crippen LogP) is 3.13. The second-order valence-corrected chi connectivity index (χ2v) is 5.82. The lowest BCUT2D eigenvalue weighted by molar-refractivity contribution is 0.621. The maximum Gasteiger partial charge on any atom is 0.127 e. The minimum Gasteiger partial charge on any atom is -0.383 e. The molecule has 0 radical (unpaired) electrons. The lowest BCUT2D eigenvalue weighted by Gasteiger charge is -2.23. The zero-order valence-corrected chi connectivity index (χ0v) is 12.8. The molecule has 0 bridgehead atoms. The van der Waals surface area contributed by atoms with Gasteiger partial charge in [-0.05, 0) is 29.7 Å². The highest BCUT2D eigenvalue weighted by Gasteiger charge is 2.36. The average molecular weight is 300 g/mol. The number of aromatic nitrogens is 2. The summed E-state index contributed by atoms with van der Waals surface area (Å²) >= 11 is 0. The molecule has 0 saturated heterocycles. The number of nitrogens with two attached hydrogens (primary N) is 1. The van der Waals surface area contributed by atoms with Gasteiger partial charge in [0.2, 0.25) is 0 Å². The molecule has 0 spiro atoms. The third kappa shape index (κ3) is 2.11. The molecule has 1 aliphatic heterocycles. The first-order valence-electron chi connectivity index (χ1n) is 7.49. The van der Waals surface area contributed by atoms with E-state index in [0.29, 0.717) is 5.84 Å². The van der Waals surface area contributed by atoms with Gasteiger partial charge in [-0.1, -0.05) is 42.5 Å². The maximum atomic E-state index is 6.14. The number of hydrogen-bond donors (Lipinski definition) is 1. The summed E-state index contributed by atoms with van der Waals surface area (Å²) in [6, 6.07) is 16.5. The summed E-state index contributed by atoms with van der Waals surface area (Å²) in [5.41, 5.74) is 11.0. The van der Waals surface area contributed by atoms with Crippen LogP contribution in [-0.4, -0.2) is 15.8 Å². The Labute approximate surface area is 134 Å². The Balaban J connectivity index is 1.86. The van der Waals surface area contributed by atoms with Crippen LogP contribution >= 0.6 is 0 Å². The highest BCUT2D eigenvalue weighted by molar-refractivity contribution is 6.02. The number of amidine groups is 1. The number of rotatable bonds is 2. The van der Waals surface area contributed by atoms with Crippen LogP contribution in [-0.2, 0) is 5.54 Å². The van der Waals surface area contributed by atoms with E-state index in [1.54, 1.807) is 0 Å². The van der Waals surface area contributed by atoms with E-state index in [9.17, 15) is 0 Å². The smallest absolute Gasteiger partial charge is 0.127 e. The van der Waals surface area contributed by atoms with Crippen LogP contribution in [0.25, 0.3) is 11.1 Å². The van der Waals surface area contributed by atoms with E-state index in [2.05, 4.69) is 41.2 Å². The fourth-order valence-electron chi connectivity index (χ4n) is 3.16. The number of nitrogens with zero attached hydrogens (tertiary/aromatic N) is 3. The van der Waals surface area contributed by atoms with Crippen molar-refractivity contribution in [1.82, 2.24) is 9.97 Å². The maximum absolute atomic E-state index is 6.14. The van der Waals surface area contributed by atoms with Gasteiger partial charge in [0.05, 0.1) is 0 Å². The van der Waals surface area contributed by atoms with Gasteiger partial charge >= 0.3 is 0 Å². The van der Waals surface area contributed by atoms with Crippen LogP contribution in [0.15, 0.2) is 72.2 Å². The molecule has 1 unspecified atom stereocenters. The van der Waals surface area contributed by atoms with E-state index in [1.807, 2.05) is 36.7 Å². The molecular formula is C19H16N4. The Kier molecular flexibility index (Phi) is 2.98. The van der Waals surface area contributed by atoms with Crippen molar-refractivity contribution in [3.05, 3.63) is 83.9 Å². The third-order valence-electron chi connectivity index (χ3n) is 4.39. The Morgan fingerprint density at radius 3 is 2.52 bits per heavy atom. The van der Waals surface area contributed by atoms with E-state index < -0.39 is 5.54 Å². The first kappa shape index (κ1) is 13.6. The third-order valence-corrected chi connectivity index (χ3v) is 4.39. The van der Waals surface area contributed by atoms with Gasteiger partial charge in [0.15, 0.2) is 0 Å². The molecule has 2 aromatic carbocycles. The predicted molar refractivity (Wildman–Crippen MR) is 91.1 cm³/mol. The second kappa shape index (κ2) is 5.02. The Bertz CT molecular complexity index is 902. The standard InChI is InChI=1S/C19H16N4/c1-19(17-8-3-2-7-16(17)18(20)23-19)15-6-4-5-13(9-15)14-10-21-12-22-11-14/h2-12H,1H3,(H2,20,23). The molecule has 112 valence electrons. The summed E-state index contributed by atoms with van der Waals surface area (Å²) in [7, 11) is 0. The summed E-state index contributed by atoms with van der Waals surface area (Å²) in [4.78, 5) is 12.9. The Morgan fingerprint density at radius 1 is 0.913 bits per heavy atom. The van der Waals surface area contributed by atoms with Crippen LogP contribution in [0, 0.1) is 0 Å². The molecule has 0 fully saturated rings. The first-order valence-corrected chi connectivity index (χ1v) is 7.49. The largest absolute Gasteiger partial charge is 0.383 e. The highest BCUT2D eigenvalue weighted by Crippen LogP contribution is 2.40. The second-order valence-electron chi connectivity index (χ2n) is 5.82. The van der Waals surface area contributed by atoms with Gasteiger partial charge in [0.1, 0.15) is 17.7 Å². The quantitative estimate of drug-likeness (QED) is 0.791. The molecule has 3 aromatic rings. The summed E-state index contributed by atoms with van der Waals surface area (Å²) in [5.74, 6) is 0.594. The normalized spacial score (nSPS) is 19.3. The summed E-state index contributed by atoms with van der Waals surface area (Å²) in [6.07, 6.45) is 5.16. The molecule has 0 amide bonds. The van der Waals surface area contributed by atoms with Crippen LogP contribution in [0.5, 0.6) is 0 Å². The number of hydrogen-bond acceptors (Lipinski definition) is 4. The summed E-state index contributed by atoms with van der Waals surface area (Å²) in [5, 5.41) is 0. The SMILES string of the molecule is CC1(c2cccc(-c3cncnc3)c2)N=C(N)c2ccccc21. The minimum absolute atomic E-state index is 0.466. The van der Waals surface area contributed by atoms with E-state index >= 15 is 0 Å². The van der Waals surface area contributed by atoms with E-state index in [1.165, 1.54) is 6.33 Å². The van der Waals surface area contributed by atoms with Crippen molar-refractivity contribution in [1.29, 1.82) is 0 Å². The molecule has 0 aliphatic carbocycles. The highest BCUT2D eigenvalue weighted by atomic mass is 15.0. The number of aliphatic imine (C=N–C) groups is 1. The molecule has 1 aliphatic rings. The van der Waals surface area contributed by atoms with Crippen molar-refractivity contribution in [2.24, 2.45) is 10.7 Å². The fraction of sp³-hybridized carbons (Fsp3) is 0.105. The molecule has 4 nitrogen and oxygen atoms in total. The molecule has 23 heavy (non-hydrogen) atoms. The Hall–Kier alpha value is -3.01. The lowest BCUT2D eigenvalue weighted by Crippen LogP contribution is -2.18. The molecule has 2 heterocycles. The van der Waals surface area contributed by atoms with Gasteiger partial charge in [0.25, 0.3) is 0 Å². The Morgan fingerprint density at radius 2 is 1.70 bits per heavy atom. The van der Waals surface area contributed by atoms with E-state index in [4.69, 9.17) is 10.7 Å². The van der Waals surface area contributed by atoms with E-state index in [-0.39, 0.29) is 0 Å². The van der Waals surface area contributed by atoms with E-state index in [0.717, 1.165) is 27.8 Å². The molecule has 0 saturated carbocycles. The van der Waals surface area contributed by atoms with Crippen molar-refractivity contribution < 1.29 is 0 Å². The lowest BCUT2D eigenvalue weighted by atomic mass is 9.84. The van der Waals surface area contributed by atoms with Gasteiger partial charge in [-0.15, -0.1) is 0 Å². The van der Waals surface area contributed by atoms with Crippen LogP contribution in [0.1, 0.15) is 23.6 Å².